The van der Waals surface area contributed by atoms with Crippen molar-refractivity contribution in [3.05, 3.63) is 71.8 Å². The van der Waals surface area contributed by atoms with Gasteiger partial charge in [0, 0.05) is 12.8 Å². The highest BCUT2D eigenvalue weighted by Gasteiger charge is 2.32. The molecule has 1 saturated heterocycles. The first-order valence-corrected chi connectivity index (χ1v) is 18.8. The predicted molar refractivity (Wildman–Crippen MR) is 199 cm³/mol. The molecular weight excluding hydrogens is 687 g/mol. The Labute approximate surface area is 309 Å². The number of nitrogens with one attached hydrogen (secondary N) is 7. The van der Waals surface area contributed by atoms with Gasteiger partial charge in [0.15, 0.2) is 0 Å². The standard InChI is InChI=1S/C37H51N7O7S/c1-23(2)19-29(37(51)42-27(17-18-52-4)35(49)44-34(48)26-15-16-31(45)40-26)41-32(46)22-39-33(47)30(21-25-13-9-6-10-14-25)43-36(50)28(38-3)20-24-11-7-5-8-12-24/h5-14,23,26-30,38H,15-22H2,1-4H3,(H,39,47)(H,40,45)(H,41,46)(H,42,51)(H,43,50)(H,44,48,49)/t26-,27-,28-,29-,30-/m0/s1. The van der Waals surface area contributed by atoms with E-state index in [1.165, 1.54) is 11.8 Å². The molecule has 0 aromatic heterocycles. The minimum atomic E-state index is -1.07. The van der Waals surface area contributed by atoms with E-state index in [9.17, 15) is 33.6 Å². The van der Waals surface area contributed by atoms with Crippen molar-refractivity contribution in [1.82, 2.24) is 37.2 Å². The third-order valence-electron chi connectivity index (χ3n) is 8.45. The minimum absolute atomic E-state index is 0.0295. The molecule has 1 heterocycles. The summed E-state index contributed by atoms with van der Waals surface area (Å²) in [5.74, 6) is -3.40. The predicted octanol–water partition coefficient (Wildman–Crippen LogP) is 0.351. The lowest BCUT2D eigenvalue weighted by atomic mass is 10.0. The minimum Gasteiger partial charge on any atom is -0.345 e. The van der Waals surface area contributed by atoms with Gasteiger partial charge < -0.3 is 31.9 Å². The van der Waals surface area contributed by atoms with Gasteiger partial charge in [-0.2, -0.15) is 11.8 Å². The fourth-order valence-electron chi connectivity index (χ4n) is 5.63. The van der Waals surface area contributed by atoms with E-state index in [0.29, 0.717) is 12.2 Å². The van der Waals surface area contributed by atoms with E-state index in [1.807, 2.05) is 80.8 Å². The molecule has 0 aliphatic carbocycles. The van der Waals surface area contributed by atoms with Gasteiger partial charge in [-0.15, -0.1) is 0 Å². The van der Waals surface area contributed by atoms with E-state index in [0.717, 1.165) is 11.1 Å². The van der Waals surface area contributed by atoms with E-state index in [4.69, 9.17) is 0 Å². The summed E-state index contributed by atoms with van der Waals surface area (Å²) in [5.41, 5.74) is 1.75. The molecule has 5 atom stereocenters. The summed E-state index contributed by atoms with van der Waals surface area (Å²) in [7, 11) is 1.67. The van der Waals surface area contributed by atoms with Crippen LogP contribution in [0.3, 0.4) is 0 Å². The maximum absolute atomic E-state index is 13.5. The van der Waals surface area contributed by atoms with E-state index in [1.54, 1.807) is 7.05 Å². The van der Waals surface area contributed by atoms with Gasteiger partial charge in [-0.05, 0) is 61.8 Å². The molecule has 0 saturated carbocycles. The number of carbonyl (C=O) groups excluding carboxylic acids is 7. The summed E-state index contributed by atoms with van der Waals surface area (Å²) in [6, 6.07) is 14.1. The highest BCUT2D eigenvalue weighted by atomic mass is 32.2. The van der Waals surface area contributed by atoms with Gasteiger partial charge in [-0.1, -0.05) is 74.5 Å². The molecule has 14 nitrogen and oxygen atoms in total. The Morgan fingerprint density at radius 2 is 1.35 bits per heavy atom. The molecule has 7 N–H and O–H groups in total. The van der Waals surface area contributed by atoms with Crippen LogP contribution in [0, 0.1) is 5.92 Å². The van der Waals surface area contributed by atoms with Crippen LogP contribution in [0.25, 0.3) is 0 Å². The number of imide groups is 1. The largest absolute Gasteiger partial charge is 0.345 e. The molecule has 15 heteroatoms. The normalized spacial score (nSPS) is 16.1. The summed E-state index contributed by atoms with van der Waals surface area (Å²) < 4.78 is 0. The molecule has 282 valence electrons. The number of thioether (sulfide) groups is 1. The summed E-state index contributed by atoms with van der Waals surface area (Å²) in [6.07, 6.45) is 3.32. The van der Waals surface area contributed by atoms with Gasteiger partial charge in [-0.25, -0.2) is 0 Å². The highest BCUT2D eigenvalue weighted by molar-refractivity contribution is 7.98. The first-order chi connectivity index (χ1) is 24.9. The quantitative estimate of drug-likeness (QED) is 0.100. The first kappa shape index (κ1) is 41.7. The van der Waals surface area contributed by atoms with Crippen LogP contribution in [-0.4, -0.2) is 97.2 Å². The fourth-order valence-corrected chi connectivity index (χ4v) is 6.10. The number of hydrogen-bond donors (Lipinski definition) is 7. The van der Waals surface area contributed by atoms with Crippen molar-refractivity contribution >= 4 is 53.1 Å². The van der Waals surface area contributed by atoms with E-state index in [2.05, 4.69) is 37.2 Å². The summed E-state index contributed by atoms with van der Waals surface area (Å²) >= 11 is 1.45. The molecule has 0 unspecified atom stereocenters. The maximum Gasteiger partial charge on any atom is 0.249 e. The molecule has 1 aliphatic rings. The van der Waals surface area contributed by atoms with Crippen molar-refractivity contribution in [1.29, 1.82) is 0 Å². The molecule has 2 aromatic carbocycles. The van der Waals surface area contributed by atoms with Crippen LogP contribution in [0.1, 0.15) is 50.7 Å². The van der Waals surface area contributed by atoms with Crippen LogP contribution >= 0.6 is 11.8 Å². The zero-order valence-electron chi connectivity index (χ0n) is 30.2. The molecule has 7 amide bonds. The third kappa shape index (κ3) is 14.1. The number of amides is 7. The van der Waals surface area contributed by atoms with Gasteiger partial charge in [0.25, 0.3) is 0 Å². The van der Waals surface area contributed by atoms with E-state index >= 15 is 0 Å². The fraction of sp³-hybridized carbons (Fsp3) is 0.486. The van der Waals surface area contributed by atoms with Gasteiger partial charge in [0.05, 0.1) is 12.6 Å². The molecule has 0 bridgehead atoms. The van der Waals surface area contributed by atoms with Gasteiger partial charge in [0.2, 0.25) is 41.4 Å². The highest BCUT2D eigenvalue weighted by Crippen LogP contribution is 2.10. The van der Waals surface area contributed by atoms with Crippen LogP contribution in [0.15, 0.2) is 60.7 Å². The van der Waals surface area contributed by atoms with Crippen LogP contribution in [0.2, 0.25) is 0 Å². The lowest BCUT2D eigenvalue weighted by Gasteiger charge is -2.25. The van der Waals surface area contributed by atoms with Crippen molar-refractivity contribution in [3.8, 4) is 0 Å². The van der Waals surface area contributed by atoms with E-state index < -0.39 is 66.3 Å². The topological polar surface area (TPSA) is 204 Å². The Bertz CT molecular complexity index is 1530. The van der Waals surface area contributed by atoms with Crippen LogP contribution < -0.4 is 37.2 Å². The summed E-state index contributed by atoms with van der Waals surface area (Å²) in [6.45, 7) is 3.26. The monoisotopic (exact) mass is 737 g/mol. The smallest absolute Gasteiger partial charge is 0.249 e. The molecule has 0 spiro atoms. The number of rotatable bonds is 20. The third-order valence-corrected chi connectivity index (χ3v) is 9.09. The summed E-state index contributed by atoms with van der Waals surface area (Å²) in [5, 5.41) is 18.6. The van der Waals surface area contributed by atoms with Gasteiger partial charge in [0.1, 0.15) is 24.2 Å². The molecule has 0 radical (unpaired) electrons. The molecule has 2 aromatic rings. The number of benzene rings is 2. The molecule has 52 heavy (non-hydrogen) atoms. The molecular formula is C37H51N7O7S. The Kier molecular flexibility index (Phi) is 17.3. The molecule has 3 rings (SSSR count). The second-order valence-electron chi connectivity index (χ2n) is 13.1. The van der Waals surface area contributed by atoms with Gasteiger partial charge >= 0.3 is 0 Å². The molecule has 1 aliphatic heterocycles. The zero-order valence-corrected chi connectivity index (χ0v) is 31.0. The van der Waals surface area contributed by atoms with Gasteiger partial charge in [-0.3, -0.25) is 38.9 Å². The Morgan fingerprint density at radius 3 is 1.88 bits per heavy atom. The van der Waals surface area contributed by atoms with E-state index in [-0.39, 0.29) is 49.8 Å². The van der Waals surface area contributed by atoms with Crippen LogP contribution in [-0.2, 0) is 46.4 Å². The van der Waals surface area contributed by atoms with Crippen molar-refractivity contribution in [3.63, 3.8) is 0 Å². The number of likely N-dealkylation sites (N-methyl/N-ethyl adjacent to an activating group) is 1. The van der Waals surface area contributed by atoms with Crippen LogP contribution in [0.4, 0.5) is 0 Å². The average molecular weight is 738 g/mol. The summed E-state index contributed by atoms with van der Waals surface area (Å²) in [4.78, 5) is 90.6. The van der Waals surface area contributed by atoms with Crippen molar-refractivity contribution in [2.45, 2.75) is 82.6 Å². The van der Waals surface area contributed by atoms with Crippen molar-refractivity contribution < 1.29 is 33.6 Å². The Morgan fingerprint density at radius 1 is 0.769 bits per heavy atom. The lowest BCUT2D eigenvalue weighted by Crippen LogP contribution is -2.57. The number of carbonyl (C=O) groups is 7. The Balaban J connectivity index is 1.65. The molecule has 1 fully saturated rings. The van der Waals surface area contributed by atoms with Crippen molar-refractivity contribution in [2.75, 3.05) is 25.6 Å². The number of hydrogen-bond acceptors (Lipinski definition) is 9. The maximum atomic E-state index is 13.5. The second kappa shape index (κ2) is 21.6. The average Bonchev–Trinajstić information content (AvgIpc) is 3.57. The second-order valence-corrected chi connectivity index (χ2v) is 14.1. The Hall–Kier alpha value is -4.76. The SMILES string of the molecule is CN[C@@H](Cc1ccccc1)C(=O)N[C@@H](Cc1ccccc1)C(=O)NCC(=O)N[C@@H](CC(C)C)C(=O)N[C@@H](CCSC)C(=O)NC(=O)[C@@H]1CCC(=O)N1. The zero-order chi connectivity index (χ0) is 38.0. The first-order valence-electron chi connectivity index (χ1n) is 17.5. The lowest BCUT2D eigenvalue weighted by molar-refractivity contribution is -0.136. The van der Waals surface area contributed by atoms with Crippen molar-refractivity contribution in [2.24, 2.45) is 5.92 Å². The van der Waals surface area contributed by atoms with Crippen LogP contribution in [0.5, 0.6) is 0 Å².